The Kier molecular flexibility index (Phi) is 19.1. The number of anilines is 1. The molecule has 29 heteroatoms. The first kappa shape index (κ1) is 59.4. The van der Waals surface area contributed by atoms with Crippen molar-refractivity contribution < 1.29 is 117 Å². The van der Waals surface area contributed by atoms with Crippen molar-refractivity contribution in [2.45, 2.75) is 111 Å². The van der Waals surface area contributed by atoms with Crippen LogP contribution in [0.5, 0.6) is 5.75 Å². The minimum absolute atomic E-state index is 0.0116. The molecule has 2 amide bonds. The molecule has 0 aliphatic rings. The molecular weight excluding hydrogens is 997 g/mol. The first-order valence-corrected chi connectivity index (χ1v) is 21.5. The Hall–Kier alpha value is -4.77. The molecule has 2 atom stereocenters. The largest absolute Gasteiger partial charge is 0.491 e. The van der Waals surface area contributed by atoms with Crippen LogP contribution in [0.1, 0.15) is 45.8 Å². The Labute approximate surface area is 374 Å². The van der Waals surface area contributed by atoms with Crippen molar-refractivity contribution in [2.24, 2.45) is 0 Å². The average molecular weight is 1040 g/mol. The molecule has 68 heavy (non-hydrogen) atoms. The molecule has 0 heterocycles. The zero-order chi connectivity index (χ0) is 52.7. The van der Waals surface area contributed by atoms with Gasteiger partial charge in [0.1, 0.15) is 30.1 Å². The number of hydrogen-bond donors (Lipinski definition) is 3. The predicted octanol–water partition coefficient (Wildman–Crippen LogP) is 12.4. The molecule has 0 radical (unpaired) electrons. The number of allylic oxidation sites excluding steroid dienone is 2. The van der Waals surface area contributed by atoms with E-state index in [1.807, 2.05) is 0 Å². The van der Waals surface area contributed by atoms with Gasteiger partial charge in [0, 0.05) is 25.7 Å². The first-order valence-electron chi connectivity index (χ1n) is 19.2. The van der Waals surface area contributed by atoms with Gasteiger partial charge in [0.2, 0.25) is 0 Å². The van der Waals surface area contributed by atoms with Gasteiger partial charge in [-0.3, -0.25) is 15.3 Å². The van der Waals surface area contributed by atoms with Crippen molar-refractivity contribution >= 4 is 26.0 Å². The second-order valence-corrected chi connectivity index (χ2v) is 20.2. The number of nitrogens with one attached hydrogen (secondary N) is 2. The van der Waals surface area contributed by atoms with Crippen molar-refractivity contribution in [3.8, 4) is 5.75 Å². The monoisotopic (exact) mass is 1040 g/mol. The van der Waals surface area contributed by atoms with Gasteiger partial charge >= 0.3 is 53.7 Å². The number of hydrogen-bond acceptors (Lipinski definition) is 7. The summed E-state index contributed by atoms with van der Waals surface area (Å²) in [6.45, 7) is 3.96. The van der Waals surface area contributed by atoms with Crippen molar-refractivity contribution in [3.05, 3.63) is 84.0 Å². The van der Waals surface area contributed by atoms with E-state index < -0.39 is 134 Å². The van der Waals surface area contributed by atoms with Crippen LogP contribution in [0.2, 0.25) is 17.1 Å². The summed E-state index contributed by atoms with van der Waals surface area (Å²) in [4.78, 5) is 24.1. The van der Waals surface area contributed by atoms with Crippen LogP contribution in [-0.4, -0.2) is 99.6 Å². The summed E-state index contributed by atoms with van der Waals surface area (Å²) in [6, 6.07) is 5.90. The van der Waals surface area contributed by atoms with Gasteiger partial charge in [-0.2, -0.15) is 74.6 Å². The van der Waals surface area contributed by atoms with Crippen LogP contribution in [0.3, 0.4) is 0 Å². The molecule has 0 fully saturated rings. The number of amides is 2. The van der Waals surface area contributed by atoms with E-state index in [9.17, 15) is 84.2 Å². The van der Waals surface area contributed by atoms with Crippen molar-refractivity contribution in [3.63, 3.8) is 0 Å². The number of alkyl halides is 17. The Balaban J connectivity index is 2.34. The molecule has 2 aromatic carbocycles. The van der Waals surface area contributed by atoms with Gasteiger partial charge in [-0.05, 0) is 47.0 Å². The minimum atomic E-state index is -8.73. The van der Waals surface area contributed by atoms with Crippen LogP contribution in [0.4, 0.5) is 93.9 Å². The standard InChI is InChI=1S/C39H41F19N2O7Si/c1-21(2)68(22(3)4,19-16-32(42,43)33(44,45)34(46,47)35(48,49)36(50,51)37(52,53)38(54,55)39(56,57)58)66-18-17-65-25-13-10-23(11-14-25)30(28(64-5)8-6-7-9-29(61)60-63)67-31(62)59-27-15-12-24(40)20-26(27)41/h6-15,20-22,28,30,63H,16-19H2,1-5H3,(H,59,62)(H,60,61)/b8-6+,9-7+/t28-,30-/m1/s1. The normalized spacial score (nSPS) is 15.0. The average Bonchev–Trinajstić information content (AvgIpc) is 3.22. The summed E-state index contributed by atoms with van der Waals surface area (Å²) in [7, 11) is -2.91. The number of hydroxylamine groups is 1. The maximum absolute atomic E-state index is 15.0. The highest BCUT2D eigenvalue weighted by molar-refractivity contribution is 6.76. The maximum atomic E-state index is 15.0. The van der Waals surface area contributed by atoms with Crippen LogP contribution in [0, 0.1) is 11.6 Å². The van der Waals surface area contributed by atoms with Crippen LogP contribution >= 0.6 is 0 Å². The number of methoxy groups -OCH3 is 1. The van der Waals surface area contributed by atoms with E-state index in [1.165, 1.54) is 76.7 Å². The molecule has 0 aliphatic carbocycles. The lowest BCUT2D eigenvalue weighted by atomic mass is 9.88. The zero-order valence-electron chi connectivity index (χ0n) is 35.6. The lowest BCUT2D eigenvalue weighted by Crippen LogP contribution is -2.74. The highest BCUT2D eigenvalue weighted by Crippen LogP contribution is 2.64. The van der Waals surface area contributed by atoms with Crippen LogP contribution in [0.15, 0.2) is 66.8 Å². The minimum Gasteiger partial charge on any atom is -0.491 e. The second kappa shape index (κ2) is 21.9. The lowest BCUT2D eigenvalue weighted by molar-refractivity contribution is -0.461. The third-order valence-electron chi connectivity index (χ3n) is 10.2. The lowest BCUT2D eigenvalue weighted by Gasteiger charge is -2.44. The topological polar surface area (TPSA) is 115 Å². The van der Waals surface area contributed by atoms with E-state index in [4.69, 9.17) is 23.8 Å². The molecule has 0 spiro atoms. The molecule has 2 rings (SSSR count). The van der Waals surface area contributed by atoms with E-state index in [1.54, 1.807) is 0 Å². The Morgan fingerprint density at radius 2 is 1.22 bits per heavy atom. The molecule has 9 nitrogen and oxygen atoms in total. The summed E-state index contributed by atoms with van der Waals surface area (Å²) in [5.41, 5.74) is -0.899. The molecule has 0 unspecified atom stereocenters. The first-order chi connectivity index (χ1) is 30.9. The highest BCUT2D eigenvalue weighted by atomic mass is 28.4. The highest BCUT2D eigenvalue weighted by Gasteiger charge is 2.95. The molecule has 0 aromatic heterocycles. The van der Waals surface area contributed by atoms with Crippen molar-refractivity contribution in [2.75, 3.05) is 25.6 Å². The van der Waals surface area contributed by atoms with E-state index in [2.05, 4.69) is 5.32 Å². The number of rotatable bonds is 24. The number of ether oxygens (including phenoxy) is 3. The van der Waals surface area contributed by atoms with Gasteiger partial charge in [0.15, 0.2) is 14.4 Å². The number of halogens is 19. The Morgan fingerprint density at radius 1 is 0.706 bits per heavy atom. The quantitative estimate of drug-likeness (QED) is 0.0182. The van der Waals surface area contributed by atoms with E-state index in [-0.39, 0.29) is 11.3 Å². The SMILES string of the molecule is CO[C@H](/C=C/C=C/C(=O)NO)[C@H](OC(=O)Nc1ccc(F)cc1F)c1ccc(OCCO[Si](CCC(F)(F)C(F)(F)C(F)(F)C(F)(F)C(F)(F)C(F)(F)C(F)(F)C(F)(F)F)(C(C)C)C(C)C)cc1. The summed E-state index contributed by atoms with van der Waals surface area (Å²) >= 11 is 0. The molecule has 2 aromatic rings. The van der Waals surface area contributed by atoms with Gasteiger partial charge in [-0.1, -0.05) is 58.1 Å². The van der Waals surface area contributed by atoms with Crippen LogP contribution in [0.25, 0.3) is 0 Å². The molecule has 386 valence electrons. The van der Waals surface area contributed by atoms with Crippen molar-refractivity contribution in [1.82, 2.24) is 5.48 Å². The van der Waals surface area contributed by atoms with Gasteiger partial charge in [0.05, 0.1) is 12.3 Å². The molecule has 0 saturated carbocycles. The van der Waals surface area contributed by atoms with E-state index in [0.29, 0.717) is 6.07 Å². The fourth-order valence-electron chi connectivity index (χ4n) is 6.33. The Morgan fingerprint density at radius 3 is 1.69 bits per heavy atom. The third kappa shape index (κ3) is 12.1. The fourth-order valence-corrected chi connectivity index (χ4v) is 10.8. The van der Waals surface area contributed by atoms with Gasteiger partial charge in [-0.15, -0.1) is 0 Å². The number of carbonyl (C=O) groups excluding carboxylic acids is 2. The maximum Gasteiger partial charge on any atom is 0.460 e. The molecule has 0 saturated heterocycles. The summed E-state index contributed by atoms with van der Waals surface area (Å²) in [5.74, 6) is -60.2. The second-order valence-electron chi connectivity index (χ2n) is 15.2. The summed E-state index contributed by atoms with van der Waals surface area (Å²) in [5, 5.41) is 10.7. The number of carbonyl (C=O) groups is 2. The van der Waals surface area contributed by atoms with E-state index >= 15 is 8.78 Å². The van der Waals surface area contributed by atoms with E-state index in [0.717, 1.165) is 24.3 Å². The molecule has 3 N–H and O–H groups in total. The smallest absolute Gasteiger partial charge is 0.460 e. The summed E-state index contributed by atoms with van der Waals surface area (Å²) in [6.07, 6.45) is -9.77. The molecule has 0 aliphatic heterocycles. The van der Waals surface area contributed by atoms with Crippen LogP contribution < -0.4 is 15.5 Å². The predicted molar refractivity (Wildman–Crippen MR) is 202 cm³/mol. The number of benzene rings is 2. The molecular formula is C39H41F19N2O7Si. The zero-order valence-corrected chi connectivity index (χ0v) is 36.6. The Bertz CT molecular complexity index is 2060. The third-order valence-corrected chi connectivity index (χ3v) is 15.9. The summed E-state index contributed by atoms with van der Waals surface area (Å²) < 4.78 is 286. The van der Waals surface area contributed by atoms with Crippen LogP contribution in [-0.2, 0) is 18.7 Å². The van der Waals surface area contributed by atoms with Gasteiger partial charge < -0.3 is 18.6 Å². The van der Waals surface area contributed by atoms with Gasteiger partial charge in [-0.25, -0.2) is 19.1 Å². The van der Waals surface area contributed by atoms with Gasteiger partial charge in [0.25, 0.3) is 5.91 Å². The fraction of sp³-hybridized carbons (Fsp3) is 0.538. The van der Waals surface area contributed by atoms with Crippen molar-refractivity contribution in [1.29, 1.82) is 0 Å². The molecule has 0 bridgehead atoms.